The molecule has 2 fully saturated rings. The van der Waals surface area contributed by atoms with E-state index in [1.54, 1.807) is 23.4 Å². The summed E-state index contributed by atoms with van der Waals surface area (Å²) < 4.78 is 17.1. The van der Waals surface area contributed by atoms with E-state index in [9.17, 15) is 4.79 Å². The summed E-state index contributed by atoms with van der Waals surface area (Å²) in [7, 11) is 0. The topological polar surface area (TPSA) is 77.7 Å². The van der Waals surface area contributed by atoms with E-state index in [0.717, 1.165) is 12.0 Å². The molecule has 1 atom stereocenters. The number of aromatic nitrogens is 2. The minimum absolute atomic E-state index is 0.147. The maximum Gasteiger partial charge on any atom is 0.276 e. The number of rotatable bonds is 2. The monoisotopic (exact) mass is 343 g/mol. The lowest BCUT2D eigenvalue weighted by atomic mass is 9.94. The van der Waals surface area contributed by atoms with Crippen LogP contribution in [0.1, 0.15) is 30.8 Å². The van der Waals surface area contributed by atoms with Gasteiger partial charge in [0.05, 0.1) is 18.8 Å². The highest BCUT2D eigenvalue weighted by atomic mass is 16.6. The van der Waals surface area contributed by atoms with Crippen LogP contribution in [-0.4, -0.2) is 58.5 Å². The molecule has 1 spiro atoms. The normalized spacial score (nSPS) is 25.4. The first kappa shape index (κ1) is 16.2. The van der Waals surface area contributed by atoms with E-state index in [1.165, 1.54) is 0 Å². The van der Waals surface area contributed by atoms with E-state index in [2.05, 4.69) is 10.1 Å². The summed E-state index contributed by atoms with van der Waals surface area (Å²) in [6.07, 6.45) is 4.14. The van der Waals surface area contributed by atoms with Crippen molar-refractivity contribution in [3.05, 3.63) is 36.3 Å². The molecule has 0 N–H and O–H groups in total. The molecule has 0 aromatic carbocycles. The van der Waals surface area contributed by atoms with Crippen molar-refractivity contribution in [1.82, 2.24) is 15.0 Å². The van der Waals surface area contributed by atoms with Gasteiger partial charge in [0.1, 0.15) is 5.60 Å². The Hall–Kier alpha value is -2.25. The molecule has 0 bridgehead atoms. The zero-order chi connectivity index (χ0) is 17.5. The Morgan fingerprint density at radius 2 is 2.04 bits per heavy atom. The summed E-state index contributed by atoms with van der Waals surface area (Å²) in [6.45, 7) is 6.18. The van der Waals surface area contributed by atoms with Crippen molar-refractivity contribution in [3.8, 4) is 11.3 Å². The molecule has 2 aromatic rings. The molecule has 2 saturated heterocycles. The quantitative estimate of drug-likeness (QED) is 0.831. The van der Waals surface area contributed by atoms with Crippen molar-refractivity contribution in [1.29, 1.82) is 0 Å². The number of carbonyl (C=O) groups is 1. The van der Waals surface area contributed by atoms with Gasteiger partial charge in [-0.25, -0.2) is 0 Å². The number of hydrogen-bond acceptors (Lipinski definition) is 6. The van der Waals surface area contributed by atoms with Crippen molar-refractivity contribution in [2.45, 2.75) is 31.5 Å². The number of pyridine rings is 1. The fourth-order valence-electron chi connectivity index (χ4n) is 3.64. The third-order valence-electron chi connectivity index (χ3n) is 4.59. The maximum absolute atomic E-state index is 13.0. The minimum Gasteiger partial charge on any atom is -0.378 e. The lowest BCUT2D eigenvalue weighted by molar-refractivity contribution is -0.186. The van der Waals surface area contributed by atoms with E-state index in [4.69, 9.17) is 14.0 Å². The van der Waals surface area contributed by atoms with Crippen LogP contribution in [0.15, 0.2) is 35.1 Å². The molecule has 0 aliphatic carbocycles. The Kier molecular flexibility index (Phi) is 3.85. The average molecular weight is 343 g/mol. The lowest BCUT2D eigenvalue weighted by Gasteiger charge is -2.47. The standard InChI is InChI=1S/C18H21N3O4/c1-17(2)10-21(11-18(25-17)5-8-23-12-18)16(22)14-9-15(24-20-14)13-3-6-19-7-4-13/h3-4,6-7,9H,5,8,10-12H2,1-2H3. The molecule has 0 saturated carbocycles. The van der Waals surface area contributed by atoms with Crippen LogP contribution in [0.25, 0.3) is 11.3 Å². The SMILES string of the molecule is CC1(C)CN(C(=O)c2cc(-c3ccncc3)on2)CC2(CCOC2)O1. The van der Waals surface area contributed by atoms with Gasteiger partial charge < -0.3 is 18.9 Å². The van der Waals surface area contributed by atoms with Crippen molar-refractivity contribution in [2.24, 2.45) is 0 Å². The Morgan fingerprint density at radius 1 is 1.24 bits per heavy atom. The smallest absolute Gasteiger partial charge is 0.276 e. The molecule has 2 aliphatic heterocycles. The maximum atomic E-state index is 13.0. The van der Waals surface area contributed by atoms with Gasteiger partial charge in [-0.2, -0.15) is 0 Å². The van der Waals surface area contributed by atoms with Crippen LogP contribution >= 0.6 is 0 Å². The molecule has 1 unspecified atom stereocenters. The highest BCUT2D eigenvalue weighted by molar-refractivity contribution is 5.93. The van der Waals surface area contributed by atoms with Gasteiger partial charge >= 0.3 is 0 Å². The number of ether oxygens (including phenoxy) is 2. The summed E-state index contributed by atoms with van der Waals surface area (Å²) in [5.74, 6) is 0.406. The van der Waals surface area contributed by atoms with E-state index < -0.39 is 11.2 Å². The van der Waals surface area contributed by atoms with Crippen LogP contribution in [-0.2, 0) is 9.47 Å². The van der Waals surface area contributed by atoms with Crippen LogP contribution in [0, 0.1) is 0 Å². The fraction of sp³-hybridized carbons (Fsp3) is 0.500. The Bertz CT molecular complexity index is 766. The molecule has 132 valence electrons. The van der Waals surface area contributed by atoms with E-state index in [0.29, 0.717) is 37.8 Å². The van der Waals surface area contributed by atoms with E-state index in [-0.39, 0.29) is 5.91 Å². The third kappa shape index (κ3) is 3.17. The van der Waals surface area contributed by atoms with Crippen LogP contribution in [0.5, 0.6) is 0 Å². The number of morpholine rings is 1. The summed E-state index contributed by atoms with van der Waals surface area (Å²) in [5, 5.41) is 3.97. The summed E-state index contributed by atoms with van der Waals surface area (Å²) in [6, 6.07) is 5.31. The molecular formula is C18H21N3O4. The van der Waals surface area contributed by atoms with Crippen molar-refractivity contribution in [2.75, 3.05) is 26.3 Å². The highest BCUT2D eigenvalue weighted by Gasteiger charge is 2.48. The zero-order valence-corrected chi connectivity index (χ0v) is 14.4. The van der Waals surface area contributed by atoms with Gasteiger partial charge in [-0.15, -0.1) is 0 Å². The van der Waals surface area contributed by atoms with Crippen LogP contribution in [0.2, 0.25) is 0 Å². The van der Waals surface area contributed by atoms with E-state index >= 15 is 0 Å². The van der Waals surface area contributed by atoms with Gasteiger partial charge in [0.25, 0.3) is 5.91 Å². The van der Waals surface area contributed by atoms with Crippen molar-refractivity contribution >= 4 is 5.91 Å². The van der Waals surface area contributed by atoms with Crippen LogP contribution in [0.3, 0.4) is 0 Å². The predicted molar refractivity (Wildman–Crippen MR) is 89.0 cm³/mol. The summed E-state index contributed by atoms with van der Waals surface area (Å²) in [5.41, 5.74) is 0.289. The van der Waals surface area contributed by atoms with E-state index in [1.807, 2.05) is 26.0 Å². The molecule has 7 nitrogen and oxygen atoms in total. The van der Waals surface area contributed by atoms with Gasteiger partial charge in [0.15, 0.2) is 11.5 Å². The van der Waals surface area contributed by atoms with Crippen LogP contribution in [0.4, 0.5) is 0 Å². The molecule has 2 aliphatic rings. The fourth-order valence-corrected chi connectivity index (χ4v) is 3.64. The Balaban J connectivity index is 1.57. The molecule has 2 aromatic heterocycles. The number of hydrogen-bond donors (Lipinski definition) is 0. The second kappa shape index (κ2) is 5.93. The number of amides is 1. The van der Waals surface area contributed by atoms with Crippen molar-refractivity contribution in [3.63, 3.8) is 0 Å². The first-order valence-corrected chi connectivity index (χ1v) is 8.41. The van der Waals surface area contributed by atoms with Gasteiger partial charge in [0.2, 0.25) is 0 Å². The number of carbonyl (C=O) groups excluding carboxylic acids is 1. The molecule has 4 heterocycles. The van der Waals surface area contributed by atoms with Gasteiger partial charge in [0, 0.05) is 43.6 Å². The molecule has 0 radical (unpaired) electrons. The molecule has 7 heteroatoms. The molecule has 4 rings (SSSR count). The van der Waals surface area contributed by atoms with Gasteiger partial charge in [-0.05, 0) is 26.0 Å². The number of nitrogens with zero attached hydrogens (tertiary/aromatic N) is 3. The lowest BCUT2D eigenvalue weighted by Crippen LogP contribution is -2.61. The second-order valence-corrected chi connectivity index (χ2v) is 7.32. The van der Waals surface area contributed by atoms with Crippen LogP contribution < -0.4 is 0 Å². The minimum atomic E-state index is -0.431. The first-order valence-electron chi connectivity index (χ1n) is 8.41. The largest absolute Gasteiger partial charge is 0.378 e. The Morgan fingerprint density at radius 3 is 2.76 bits per heavy atom. The second-order valence-electron chi connectivity index (χ2n) is 7.32. The molecule has 1 amide bonds. The zero-order valence-electron chi connectivity index (χ0n) is 14.4. The molecular weight excluding hydrogens is 322 g/mol. The summed E-state index contributed by atoms with van der Waals surface area (Å²) in [4.78, 5) is 18.7. The van der Waals surface area contributed by atoms with Gasteiger partial charge in [-0.1, -0.05) is 5.16 Å². The molecule has 25 heavy (non-hydrogen) atoms. The predicted octanol–water partition coefficient (Wildman–Crippen LogP) is 2.15. The first-order chi connectivity index (χ1) is 12.0. The van der Waals surface area contributed by atoms with Crippen molar-refractivity contribution < 1.29 is 18.8 Å². The summed E-state index contributed by atoms with van der Waals surface area (Å²) >= 11 is 0. The average Bonchev–Trinajstić information content (AvgIpc) is 3.23. The highest BCUT2D eigenvalue weighted by Crippen LogP contribution is 2.35. The van der Waals surface area contributed by atoms with Gasteiger partial charge in [-0.3, -0.25) is 9.78 Å². The Labute approximate surface area is 145 Å². The third-order valence-corrected chi connectivity index (χ3v) is 4.59.